The summed E-state index contributed by atoms with van der Waals surface area (Å²) in [7, 11) is -3.80. The second kappa shape index (κ2) is 6.68. The number of halogens is 2. The van der Waals surface area contributed by atoms with Crippen LogP contribution in [0.4, 0.5) is 4.39 Å². The van der Waals surface area contributed by atoms with Gasteiger partial charge in [-0.15, -0.1) is 0 Å². The van der Waals surface area contributed by atoms with Gasteiger partial charge in [0.05, 0.1) is 23.1 Å². The molecule has 0 aromatic heterocycles. The van der Waals surface area contributed by atoms with Crippen LogP contribution in [0.3, 0.4) is 0 Å². The molecule has 0 spiro atoms. The van der Waals surface area contributed by atoms with E-state index in [9.17, 15) is 12.8 Å². The highest BCUT2D eigenvalue weighted by Gasteiger charge is 2.43. The Kier molecular flexibility index (Phi) is 4.90. The van der Waals surface area contributed by atoms with Crippen LogP contribution < -0.4 is 0 Å². The lowest BCUT2D eigenvalue weighted by Crippen LogP contribution is -2.56. The lowest BCUT2D eigenvalue weighted by atomic mass is 10.0. The van der Waals surface area contributed by atoms with Gasteiger partial charge in [0.15, 0.2) is 0 Å². The SMILES string of the molecule is CC1(C)COC(c2ccccc2F)CN1S(=O)(=O)c1cccc(Cl)c1. The molecule has 3 rings (SSSR count). The van der Waals surface area contributed by atoms with E-state index in [4.69, 9.17) is 16.3 Å². The Labute approximate surface area is 152 Å². The predicted octanol–water partition coefficient (Wildman–Crippen LogP) is 4.02. The maximum atomic E-state index is 14.1. The smallest absolute Gasteiger partial charge is 0.243 e. The molecule has 134 valence electrons. The van der Waals surface area contributed by atoms with E-state index in [1.54, 1.807) is 44.2 Å². The summed E-state index contributed by atoms with van der Waals surface area (Å²) < 4.78 is 47.5. The zero-order valence-electron chi connectivity index (χ0n) is 13.9. The molecule has 0 N–H and O–H groups in total. The Bertz CT molecular complexity index is 885. The summed E-state index contributed by atoms with van der Waals surface area (Å²) in [6.07, 6.45) is -0.664. The third-order valence-electron chi connectivity index (χ3n) is 4.28. The highest BCUT2D eigenvalue weighted by atomic mass is 35.5. The Balaban J connectivity index is 1.99. The van der Waals surface area contributed by atoms with E-state index in [1.807, 2.05) is 0 Å². The van der Waals surface area contributed by atoms with Crippen LogP contribution in [0.1, 0.15) is 25.5 Å². The summed E-state index contributed by atoms with van der Waals surface area (Å²) in [5, 5.41) is 0.345. The summed E-state index contributed by atoms with van der Waals surface area (Å²) in [5.74, 6) is -0.410. The van der Waals surface area contributed by atoms with Gasteiger partial charge < -0.3 is 4.74 Å². The van der Waals surface area contributed by atoms with Crippen molar-refractivity contribution in [3.8, 4) is 0 Å². The molecule has 25 heavy (non-hydrogen) atoms. The quantitative estimate of drug-likeness (QED) is 0.804. The molecule has 1 fully saturated rings. The van der Waals surface area contributed by atoms with E-state index in [0.717, 1.165) is 0 Å². The van der Waals surface area contributed by atoms with Crippen molar-refractivity contribution >= 4 is 21.6 Å². The molecule has 0 saturated carbocycles. The molecular formula is C18H19ClFNO3S. The third kappa shape index (κ3) is 3.58. The van der Waals surface area contributed by atoms with Crippen molar-refractivity contribution in [3.05, 3.63) is 64.9 Å². The topological polar surface area (TPSA) is 46.6 Å². The molecule has 0 radical (unpaired) electrons. The van der Waals surface area contributed by atoms with Gasteiger partial charge in [0.25, 0.3) is 0 Å². The number of hydrogen-bond acceptors (Lipinski definition) is 3. The normalized spacial score (nSPS) is 21.2. The van der Waals surface area contributed by atoms with E-state index in [1.165, 1.54) is 22.5 Å². The van der Waals surface area contributed by atoms with Gasteiger partial charge in [0.2, 0.25) is 10.0 Å². The minimum atomic E-state index is -3.80. The summed E-state index contributed by atoms with van der Waals surface area (Å²) >= 11 is 5.95. The van der Waals surface area contributed by atoms with Gasteiger partial charge in [-0.05, 0) is 38.1 Å². The summed E-state index contributed by atoms with van der Waals surface area (Å²) in [6, 6.07) is 12.4. The van der Waals surface area contributed by atoms with Crippen LogP contribution in [0.15, 0.2) is 53.4 Å². The Morgan fingerprint density at radius 1 is 1.20 bits per heavy atom. The first kappa shape index (κ1) is 18.3. The zero-order chi connectivity index (χ0) is 18.2. The molecule has 1 saturated heterocycles. The van der Waals surface area contributed by atoms with Crippen molar-refractivity contribution in [2.45, 2.75) is 30.4 Å². The first-order valence-corrected chi connectivity index (χ1v) is 9.68. The van der Waals surface area contributed by atoms with Crippen LogP contribution in [0.5, 0.6) is 0 Å². The first-order chi connectivity index (χ1) is 11.7. The minimum absolute atomic E-state index is 0.0305. The van der Waals surface area contributed by atoms with Crippen molar-refractivity contribution in [2.75, 3.05) is 13.2 Å². The largest absolute Gasteiger partial charge is 0.370 e. The lowest BCUT2D eigenvalue weighted by Gasteiger charge is -2.44. The van der Waals surface area contributed by atoms with Crippen LogP contribution in [-0.4, -0.2) is 31.4 Å². The van der Waals surface area contributed by atoms with E-state index in [0.29, 0.717) is 10.6 Å². The minimum Gasteiger partial charge on any atom is -0.370 e. The van der Waals surface area contributed by atoms with Crippen molar-refractivity contribution in [1.29, 1.82) is 0 Å². The summed E-state index contributed by atoms with van der Waals surface area (Å²) in [5.41, 5.74) is -0.410. The lowest BCUT2D eigenvalue weighted by molar-refractivity contribution is -0.0667. The molecule has 1 aliphatic heterocycles. The average Bonchev–Trinajstić information content (AvgIpc) is 2.55. The fourth-order valence-corrected chi connectivity index (χ4v) is 5.00. The average molecular weight is 384 g/mol. The van der Waals surface area contributed by atoms with Crippen LogP contribution >= 0.6 is 11.6 Å². The van der Waals surface area contributed by atoms with Crippen LogP contribution in [0.2, 0.25) is 5.02 Å². The molecule has 1 aliphatic rings. The summed E-state index contributed by atoms with van der Waals surface area (Å²) in [4.78, 5) is 0.113. The molecule has 0 amide bonds. The molecule has 1 heterocycles. The Hall–Kier alpha value is -1.47. The van der Waals surface area contributed by atoms with E-state index >= 15 is 0 Å². The summed E-state index contributed by atoms with van der Waals surface area (Å²) in [6.45, 7) is 3.76. The Morgan fingerprint density at radius 2 is 1.92 bits per heavy atom. The molecule has 7 heteroatoms. The number of sulfonamides is 1. The van der Waals surface area contributed by atoms with E-state index in [-0.39, 0.29) is 18.0 Å². The highest BCUT2D eigenvalue weighted by Crippen LogP contribution is 2.35. The van der Waals surface area contributed by atoms with Crippen molar-refractivity contribution in [3.63, 3.8) is 0 Å². The predicted molar refractivity (Wildman–Crippen MR) is 94.5 cm³/mol. The van der Waals surface area contributed by atoms with E-state index < -0.39 is 27.5 Å². The second-order valence-electron chi connectivity index (χ2n) is 6.63. The van der Waals surface area contributed by atoms with Gasteiger partial charge in [-0.25, -0.2) is 12.8 Å². The fourth-order valence-electron chi connectivity index (χ4n) is 2.93. The maximum absolute atomic E-state index is 14.1. The Morgan fingerprint density at radius 3 is 2.60 bits per heavy atom. The zero-order valence-corrected chi connectivity index (χ0v) is 15.5. The molecular weight excluding hydrogens is 365 g/mol. The van der Waals surface area contributed by atoms with Gasteiger partial charge >= 0.3 is 0 Å². The highest BCUT2D eigenvalue weighted by molar-refractivity contribution is 7.89. The monoisotopic (exact) mass is 383 g/mol. The van der Waals surface area contributed by atoms with Crippen LogP contribution in [0.25, 0.3) is 0 Å². The fraction of sp³-hybridized carbons (Fsp3) is 0.333. The van der Waals surface area contributed by atoms with Gasteiger partial charge in [0.1, 0.15) is 5.82 Å². The number of nitrogens with zero attached hydrogens (tertiary/aromatic N) is 1. The molecule has 0 bridgehead atoms. The number of benzene rings is 2. The third-order valence-corrected chi connectivity index (χ3v) is 6.59. The van der Waals surface area contributed by atoms with Gasteiger partial charge in [-0.1, -0.05) is 35.9 Å². The van der Waals surface area contributed by atoms with E-state index in [2.05, 4.69) is 0 Å². The van der Waals surface area contributed by atoms with Gasteiger partial charge in [0, 0.05) is 17.1 Å². The molecule has 2 aromatic rings. The number of morpholine rings is 1. The molecule has 1 atom stereocenters. The van der Waals surface area contributed by atoms with Crippen molar-refractivity contribution in [2.24, 2.45) is 0 Å². The van der Waals surface area contributed by atoms with Crippen molar-refractivity contribution < 1.29 is 17.5 Å². The molecule has 1 unspecified atom stereocenters. The van der Waals surface area contributed by atoms with Crippen LogP contribution in [0, 0.1) is 5.82 Å². The van der Waals surface area contributed by atoms with Gasteiger partial charge in [-0.3, -0.25) is 0 Å². The standard InChI is InChI=1S/C18H19ClFNO3S/c1-18(2)12-24-17(15-8-3-4-9-16(15)20)11-21(18)25(22,23)14-7-5-6-13(19)10-14/h3-10,17H,11-12H2,1-2H3. The number of ether oxygens (including phenoxy) is 1. The maximum Gasteiger partial charge on any atom is 0.243 e. The van der Waals surface area contributed by atoms with Crippen LogP contribution in [-0.2, 0) is 14.8 Å². The number of hydrogen-bond donors (Lipinski definition) is 0. The van der Waals surface area contributed by atoms with Gasteiger partial charge in [-0.2, -0.15) is 4.31 Å². The molecule has 4 nitrogen and oxygen atoms in total. The molecule has 2 aromatic carbocycles. The number of rotatable bonds is 3. The van der Waals surface area contributed by atoms with Crippen molar-refractivity contribution in [1.82, 2.24) is 4.31 Å². The first-order valence-electron chi connectivity index (χ1n) is 7.86. The molecule has 0 aliphatic carbocycles. The second-order valence-corrected chi connectivity index (χ2v) is 8.93.